The first kappa shape index (κ1) is 25.2. The van der Waals surface area contributed by atoms with E-state index in [1.54, 1.807) is 30.0 Å². The molecule has 1 aliphatic heterocycles. The number of rotatable bonds is 6. The lowest BCUT2D eigenvalue weighted by Crippen LogP contribution is -2.52. The zero-order chi connectivity index (χ0) is 23.0. The second-order valence-corrected chi connectivity index (χ2v) is 11.0. The average molecular weight is 512 g/mol. The van der Waals surface area contributed by atoms with Crippen LogP contribution in [0.2, 0.25) is 0 Å². The minimum Gasteiger partial charge on any atom is -0.482 e. The Kier molecular flexibility index (Phi) is 7.52. The van der Waals surface area contributed by atoms with Gasteiger partial charge in [-0.25, -0.2) is 13.4 Å². The number of halogens is 1. The van der Waals surface area contributed by atoms with Crippen LogP contribution in [-0.4, -0.2) is 69.9 Å². The number of para-hydroxylation sites is 2. The summed E-state index contributed by atoms with van der Waals surface area (Å²) in [5.41, 5.74) is 0.638. The van der Waals surface area contributed by atoms with E-state index in [1.807, 2.05) is 37.2 Å². The van der Waals surface area contributed by atoms with E-state index >= 15 is 0 Å². The van der Waals surface area contributed by atoms with Crippen molar-refractivity contribution in [2.45, 2.75) is 24.0 Å². The van der Waals surface area contributed by atoms with Crippen molar-refractivity contribution in [2.24, 2.45) is 0 Å². The predicted molar refractivity (Wildman–Crippen MR) is 132 cm³/mol. The van der Waals surface area contributed by atoms with Gasteiger partial charge in [0, 0.05) is 19.3 Å². The summed E-state index contributed by atoms with van der Waals surface area (Å²) < 4.78 is 36.5. The second-order valence-electron chi connectivity index (χ2n) is 8.00. The number of likely N-dealkylation sites (N-methyl/N-ethyl adjacent to an activating group) is 1. The number of carbonyl (C=O) groups excluding carboxylic acids is 1. The Hall–Kier alpha value is -2.40. The van der Waals surface area contributed by atoms with Crippen LogP contribution >= 0.6 is 23.7 Å². The molecule has 8 nitrogen and oxygen atoms in total. The van der Waals surface area contributed by atoms with Crippen LogP contribution in [0.15, 0.2) is 47.4 Å². The Morgan fingerprint density at radius 2 is 1.76 bits per heavy atom. The number of benzene rings is 2. The predicted octanol–water partition coefficient (Wildman–Crippen LogP) is 3.24. The van der Waals surface area contributed by atoms with Crippen LogP contribution in [0.25, 0.3) is 10.2 Å². The molecule has 4 rings (SSSR count). The fourth-order valence-corrected chi connectivity index (χ4v) is 5.14. The highest BCUT2D eigenvalue weighted by molar-refractivity contribution is 7.90. The van der Waals surface area contributed by atoms with Crippen LogP contribution < -0.4 is 14.4 Å². The summed E-state index contributed by atoms with van der Waals surface area (Å²) in [7, 11) is 0.517. The van der Waals surface area contributed by atoms with Crippen molar-refractivity contribution in [3.05, 3.63) is 42.5 Å². The van der Waals surface area contributed by atoms with Crippen molar-refractivity contribution in [3.8, 4) is 11.5 Å². The quantitative estimate of drug-likeness (QED) is 0.502. The van der Waals surface area contributed by atoms with E-state index in [1.165, 1.54) is 23.7 Å². The Morgan fingerprint density at radius 3 is 2.39 bits per heavy atom. The topological polar surface area (TPSA) is 89.0 Å². The molecule has 0 radical (unpaired) electrons. The number of thiazole rings is 1. The van der Waals surface area contributed by atoms with Crippen LogP contribution in [0.3, 0.4) is 0 Å². The van der Waals surface area contributed by atoms with Crippen molar-refractivity contribution < 1.29 is 22.7 Å². The normalized spacial score (nSPS) is 17.6. The van der Waals surface area contributed by atoms with Crippen LogP contribution in [0.5, 0.6) is 11.5 Å². The number of sulfone groups is 1. The lowest BCUT2D eigenvalue weighted by Gasteiger charge is -2.34. The van der Waals surface area contributed by atoms with E-state index in [0.717, 1.165) is 0 Å². The average Bonchev–Trinajstić information content (AvgIpc) is 3.15. The first-order valence-electron chi connectivity index (χ1n) is 10.1. The maximum atomic E-state index is 13.6. The monoisotopic (exact) mass is 511 g/mol. The number of amides is 1. The van der Waals surface area contributed by atoms with Gasteiger partial charge in [0.05, 0.1) is 15.1 Å². The SMILES string of the molecule is CC1Oc2ccccc2OC1C(=O)N(CCN(C)C)c1nc2ccc(S(C)(=O)=O)cc2s1.Cl. The number of carbonyl (C=O) groups is 1. The number of ether oxygens (including phenoxy) is 2. The fraction of sp³-hybridized carbons (Fsp3) is 0.364. The molecule has 0 aliphatic carbocycles. The summed E-state index contributed by atoms with van der Waals surface area (Å²) >= 11 is 1.28. The van der Waals surface area contributed by atoms with Gasteiger partial charge in [0.15, 0.2) is 26.5 Å². The molecule has 2 heterocycles. The maximum Gasteiger partial charge on any atom is 0.273 e. The second kappa shape index (κ2) is 9.84. The molecule has 0 spiro atoms. The molecular formula is C22H26ClN3O5S2. The lowest BCUT2D eigenvalue weighted by molar-refractivity contribution is -0.130. The summed E-state index contributed by atoms with van der Waals surface area (Å²) in [6.45, 7) is 2.83. The van der Waals surface area contributed by atoms with Gasteiger partial charge in [0.1, 0.15) is 6.10 Å². The third kappa shape index (κ3) is 5.40. The molecular weight excluding hydrogens is 486 g/mol. The van der Waals surface area contributed by atoms with Crippen LogP contribution in [0, 0.1) is 0 Å². The molecule has 1 aromatic heterocycles. The van der Waals surface area contributed by atoms with Crippen LogP contribution in [0.4, 0.5) is 5.13 Å². The van der Waals surface area contributed by atoms with Crippen LogP contribution in [0.1, 0.15) is 6.92 Å². The highest BCUT2D eigenvalue weighted by Crippen LogP contribution is 2.36. The summed E-state index contributed by atoms with van der Waals surface area (Å²) in [5.74, 6) is 0.882. The molecule has 2 unspecified atom stereocenters. The summed E-state index contributed by atoms with van der Waals surface area (Å²) in [5, 5.41) is 0.493. The van der Waals surface area contributed by atoms with Gasteiger partial charge in [-0.1, -0.05) is 23.5 Å². The number of anilines is 1. The molecule has 178 valence electrons. The van der Waals surface area contributed by atoms with Crippen molar-refractivity contribution in [2.75, 3.05) is 38.3 Å². The van der Waals surface area contributed by atoms with E-state index < -0.39 is 22.0 Å². The molecule has 2 aromatic carbocycles. The zero-order valence-corrected chi connectivity index (χ0v) is 21.2. The number of hydrogen-bond acceptors (Lipinski definition) is 8. The number of nitrogens with zero attached hydrogens (tertiary/aromatic N) is 3. The number of hydrogen-bond donors (Lipinski definition) is 0. The standard InChI is InChI=1S/C22H25N3O5S2.ClH/c1-14-20(30-18-8-6-5-7-17(18)29-14)21(26)25(12-11-24(2)3)22-23-16-10-9-15(32(4,27)28)13-19(16)31-22;/h5-10,13-14,20H,11-12H2,1-4H3;1H. The van der Waals surface area contributed by atoms with Gasteiger partial charge in [0.25, 0.3) is 5.91 Å². The Bertz CT molecular complexity index is 1260. The van der Waals surface area contributed by atoms with Crippen molar-refractivity contribution >= 4 is 54.8 Å². The largest absolute Gasteiger partial charge is 0.482 e. The summed E-state index contributed by atoms with van der Waals surface area (Å²) in [4.78, 5) is 22.0. The maximum absolute atomic E-state index is 13.6. The molecule has 1 aliphatic rings. The third-order valence-electron chi connectivity index (χ3n) is 5.13. The Balaban J connectivity index is 0.00000306. The van der Waals surface area contributed by atoms with Gasteiger partial charge in [0.2, 0.25) is 6.10 Å². The third-order valence-corrected chi connectivity index (χ3v) is 7.28. The minimum absolute atomic E-state index is 0. The minimum atomic E-state index is -3.34. The highest BCUT2D eigenvalue weighted by Gasteiger charge is 2.38. The van der Waals surface area contributed by atoms with Gasteiger partial charge >= 0.3 is 0 Å². The molecule has 33 heavy (non-hydrogen) atoms. The molecule has 0 saturated carbocycles. The molecule has 3 aromatic rings. The van der Waals surface area contributed by atoms with E-state index in [4.69, 9.17) is 9.47 Å². The molecule has 0 N–H and O–H groups in total. The fourth-order valence-electron chi connectivity index (χ4n) is 3.38. The van der Waals surface area contributed by atoms with E-state index in [0.29, 0.717) is 39.9 Å². The first-order valence-corrected chi connectivity index (χ1v) is 12.8. The van der Waals surface area contributed by atoms with Crippen LogP contribution in [-0.2, 0) is 14.6 Å². The smallest absolute Gasteiger partial charge is 0.273 e. The van der Waals surface area contributed by atoms with Gasteiger partial charge in [-0.15, -0.1) is 12.4 Å². The Morgan fingerprint density at radius 1 is 1.09 bits per heavy atom. The molecule has 1 amide bonds. The van der Waals surface area contributed by atoms with E-state index in [-0.39, 0.29) is 23.2 Å². The van der Waals surface area contributed by atoms with Crippen molar-refractivity contribution in [1.82, 2.24) is 9.88 Å². The molecule has 11 heteroatoms. The van der Waals surface area contributed by atoms with Gasteiger partial charge < -0.3 is 14.4 Å². The summed E-state index contributed by atoms with van der Waals surface area (Å²) in [6, 6.07) is 12.1. The lowest BCUT2D eigenvalue weighted by atomic mass is 10.1. The van der Waals surface area contributed by atoms with Crippen molar-refractivity contribution in [1.29, 1.82) is 0 Å². The number of fused-ring (bicyclic) bond motifs is 2. The Labute approximate surface area is 203 Å². The first-order chi connectivity index (χ1) is 15.1. The van der Waals surface area contributed by atoms with Gasteiger partial charge in [-0.3, -0.25) is 9.69 Å². The highest BCUT2D eigenvalue weighted by atomic mass is 35.5. The molecule has 0 bridgehead atoms. The summed E-state index contributed by atoms with van der Waals surface area (Å²) in [6.07, 6.45) is -0.140. The molecule has 2 atom stereocenters. The van der Waals surface area contributed by atoms with Crippen molar-refractivity contribution in [3.63, 3.8) is 0 Å². The van der Waals surface area contributed by atoms with E-state index in [2.05, 4.69) is 4.98 Å². The molecule has 0 fully saturated rings. The zero-order valence-electron chi connectivity index (χ0n) is 18.7. The molecule has 0 saturated heterocycles. The van der Waals surface area contributed by atoms with Gasteiger partial charge in [-0.05, 0) is 51.4 Å². The van der Waals surface area contributed by atoms with E-state index in [9.17, 15) is 13.2 Å². The number of aromatic nitrogens is 1. The van der Waals surface area contributed by atoms with Gasteiger partial charge in [-0.2, -0.15) is 0 Å².